The lowest BCUT2D eigenvalue weighted by atomic mass is 9.93. The molecule has 1 saturated heterocycles. The van der Waals surface area contributed by atoms with Crippen molar-refractivity contribution in [2.24, 2.45) is 5.92 Å². The Hall–Kier alpha value is -0.970. The van der Waals surface area contributed by atoms with Crippen LogP contribution in [0.15, 0.2) is 24.3 Å². The van der Waals surface area contributed by atoms with Gasteiger partial charge in [0.15, 0.2) is 0 Å². The number of hydrogen-bond acceptors (Lipinski definition) is 3. The SMILES string of the molecule is CNC(c1ccccc1F)C(C)CN1CCC(O)C1. The maximum Gasteiger partial charge on any atom is 0.127 e. The molecule has 2 N–H and O–H groups in total. The first kappa shape index (κ1) is 14.4. The summed E-state index contributed by atoms with van der Waals surface area (Å²) >= 11 is 0. The number of aliphatic hydroxyl groups excluding tert-OH is 1. The Morgan fingerprint density at radius 1 is 1.47 bits per heavy atom. The van der Waals surface area contributed by atoms with E-state index < -0.39 is 0 Å². The van der Waals surface area contributed by atoms with E-state index in [0.717, 1.165) is 31.6 Å². The molecule has 0 aromatic heterocycles. The second kappa shape index (κ2) is 6.46. The Morgan fingerprint density at radius 2 is 2.21 bits per heavy atom. The minimum absolute atomic E-state index is 0.000979. The van der Waals surface area contributed by atoms with E-state index in [1.807, 2.05) is 19.2 Å². The van der Waals surface area contributed by atoms with E-state index in [9.17, 15) is 9.50 Å². The summed E-state index contributed by atoms with van der Waals surface area (Å²) in [4.78, 5) is 2.25. The molecule has 1 aliphatic rings. The number of benzene rings is 1. The van der Waals surface area contributed by atoms with Gasteiger partial charge in [-0.2, -0.15) is 0 Å². The van der Waals surface area contributed by atoms with Crippen LogP contribution >= 0.6 is 0 Å². The van der Waals surface area contributed by atoms with E-state index in [-0.39, 0.29) is 23.9 Å². The van der Waals surface area contributed by atoms with Gasteiger partial charge in [0, 0.05) is 31.2 Å². The monoisotopic (exact) mass is 266 g/mol. The fraction of sp³-hybridized carbons (Fsp3) is 0.600. The molecule has 1 aromatic carbocycles. The minimum atomic E-state index is -0.200. The molecule has 1 aliphatic heterocycles. The third kappa shape index (κ3) is 3.53. The van der Waals surface area contributed by atoms with Crippen LogP contribution in [0.5, 0.6) is 0 Å². The summed E-state index contributed by atoms with van der Waals surface area (Å²) in [6, 6.07) is 6.93. The summed E-state index contributed by atoms with van der Waals surface area (Å²) < 4.78 is 13.9. The molecule has 106 valence electrons. The van der Waals surface area contributed by atoms with Crippen LogP contribution < -0.4 is 5.32 Å². The van der Waals surface area contributed by atoms with Crippen molar-refractivity contribution in [2.45, 2.75) is 25.5 Å². The second-order valence-electron chi connectivity index (χ2n) is 5.47. The largest absolute Gasteiger partial charge is 0.392 e. The molecule has 3 nitrogen and oxygen atoms in total. The number of nitrogens with one attached hydrogen (secondary N) is 1. The normalized spacial score (nSPS) is 23.5. The molecule has 0 amide bonds. The molecular weight excluding hydrogens is 243 g/mol. The van der Waals surface area contributed by atoms with Gasteiger partial charge < -0.3 is 15.3 Å². The van der Waals surface area contributed by atoms with Crippen LogP contribution in [0, 0.1) is 11.7 Å². The Kier molecular flexibility index (Phi) is 4.91. The van der Waals surface area contributed by atoms with Gasteiger partial charge in [-0.1, -0.05) is 25.1 Å². The van der Waals surface area contributed by atoms with Crippen molar-refractivity contribution in [2.75, 3.05) is 26.7 Å². The highest BCUT2D eigenvalue weighted by Crippen LogP contribution is 2.25. The van der Waals surface area contributed by atoms with Crippen LogP contribution in [0.2, 0.25) is 0 Å². The first-order valence-electron chi connectivity index (χ1n) is 6.94. The van der Waals surface area contributed by atoms with Crippen molar-refractivity contribution in [3.05, 3.63) is 35.6 Å². The highest BCUT2D eigenvalue weighted by atomic mass is 19.1. The first-order valence-corrected chi connectivity index (χ1v) is 6.94. The Morgan fingerprint density at radius 3 is 2.79 bits per heavy atom. The predicted octanol–water partition coefficient (Wildman–Crippen LogP) is 1.79. The zero-order valence-electron chi connectivity index (χ0n) is 11.6. The number of β-amino-alcohol motifs (C(OH)–C–C–N with tert-alkyl or cyclic N) is 1. The second-order valence-corrected chi connectivity index (χ2v) is 5.47. The summed E-state index contributed by atoms with van der Waals surface area (Å²) in [7, 11) is 1.87. The van der Waals surface area contributed by atoms with Crippen molar-refractivity contribution < 1.29 is 9.50 Å². The summed E-state index contributed by atoms with van der Waals surface area (Å²) in [5, 5.41) is 12.8. The Balaban J connectivity index is 2.03. The first-order chi connectivity index (χ1) is 9.11. The van der Waals surface area contributed by atoms with Crippen LogP contribution in [0.4, 0.5) is 4.39 Å². The van der Waals surface area contributed by atoms with Crippen LogP contribution in [0.3, 0.4) is 0 Å². The van der Waals surface area contributed by atoms with Crippen LogP contribution in [0.25, 0.3) is 0 Å². The maximum absolute atomic E-state index is 13.9. The molecule has 1 heterocycles. The predicted molar refractivity (Wildman–Crippen MR) is 74.4 cm³/mol. The highest BCUT2D eigenvalue weighted by molar-refractivity contribution is 5.21. The molecule has 2 rings (SSSR count). The lowest BCUT2D eigenvalue weighted by Crippen LogP contribution is -2.34. The van der Waals surface area contributed by atoms with Crippen molar-refractivity contribution in [1.29, 1.82) is 0 Å². The zero-order valence-corrected chi connectivity index (χ0v) is 11.6. The van der Waals surface area contributed by atoms with Gasteiger partial charge in [-0.05, 0) is 25.5 Å². The molecule has 0 bridgehead atoms. The van der Waals surface area contributed by atoms with Gasteiger partial charge in [-0.3, -0.25) is 0 Å². The Bertz CT molecular complexity index is 413. The maximum atomic E-state index is 13.9. The van der Waals surface area contributed by atoms with Gasteiger partial charge in [0.25, 0.3) is 0 Å². The van der Waals surface area contributed by atoms with Crippen molar-refractivity contribution >= 4 is 0 Å². The number of rotatable bonds is 5. The number of likely N-dealkylation sites (tertiary alicyclic amines) is 1. The summed E-state index contributed by atoms with van der Waals surface area (Å²) in [6.45, 7) is 4.66. The van der Waals surface area contributed by atoms with Gasteiger partial charge >= 0.3 is 0 Å². The topological polar surface area (TPSA) is 35.5 Å². The van der Waals surface area contributed by atoms with Crippen molar-refractivity contribution in [3.8, 4) is 0 Å². The quantitative estimate of drug-likeness (QED) is 0.853. The van der Waals surface area contributed by atoms with E-state index in [4.69, 9.17) is 0 Å². The number of hydrogen-bond donors (Lipinski definition) is 2. The van der Waals surface area contributed by atoms with Crippen LogP contribution in [-0.2, 0) is 0 Å². The smallest absolute Gasteiger partial charge is 0.127 e. The summed E-state index contributed by atoms with van der Waals surface area (Å²) in [6.07, 6.45) is 0.644. The lowest BCUT2D eigenvalue weighted by molar-refractivity contribution is 0.166. The number of aliphatic hydroxyl groups is 1. The van der Waals surface area contributed by atoms with Gasteiger partial charge in [-0.25, -0.2) is 4.39 Å². The highest BCUT2D eigenvalue weighted by Gasteiger charge is 2.26. The van der Waals surface area contributed by atoms with Crippen molar-refractivity contribution in [1.82, 2.24) is 10.2 Å². The van der Waals surface area contributed by atoms with Crippen molar-refractivity contribution in [3.63, 3.8) is 0 Å². The third-order valence-electron chi connectivity index (χ3n) is 3.91. The average Bonchev–Trinajstić information content (AvgIpc) is 2.78. The molecule has 3 unspecified atom stereocenters. The van der Waals surface area contributed by atoms with Crippen LogP contribution in [0.1, 0.15) is 24.9 Å². The lowest BCUT2D eigenvalue weighted by Gasteiger charge is -2.28. The van der Waals surface area contributed by atoms with E-state index in [1.165, 1.54) is 6.07 Å². The van der Waals surface area contributed by atoms with E-state index in [2.05, 4.69) is 17.1 Å². The molecule has 0 aliphatic carbocycles. The molecule has 1 fully saturated rings. The average molecular weight is 266 g/mol. The van der Waals surface area contributed by atoms with Gasteiger partial charge in [0.1, 0.15) is 5.82 Å². The molecule has 3 atom stereocenters. The molecule has 0 spiro atoms. The Labute approximate surface area is 114 Å². The standard InChI is InChI=1S/C15H23FN2O/c1-11(9-18-8-7-12(19)10-18)15(17-2)13-5-3-4-6-14(13)16/h3-6,11-12,15,17,19H,7-10H2,1-2H3. The van der Waals surface area contributed by atoms with Gasteiger partial charge in [0.2, 0.25) is 0 Å². The molecular formula is C15H23FN2O. The summed E-state index contributed by atoms with van der Waals surface area (Å²) in [5.74, 6) is 0.127. The number of halogens is 1. The molecule has 0 radical (unpaired) electrons. The van der Waals surface area contributed by atoms with E-state index in [0.29, 0.717) is 0 Å². The molecule has 0 saturated carbocycles. The van der Waals surface area contributed by atoms with Crippen LogP contribution in [-0.4, -0.2) is 42.8 Å². The van der Waals surface area contributed by atoms with E-state index in [1.54, 1.807) is 6.07 Å². The van der Waals surface area contributed by atoms with E-state index >= 15 is 0 Å². The fourth-order valence-electron chi connectivity index (χ4n) is 2.96. The van der Waals surface area contributed by atoms with Gasteiger partial charge in [-0.15, -0.1) is 0 Å². The zero-order chi connectivity index (χ0) is 13.8. The molecule has 4 heteroatoms. The number of nitrogens with zero attached hydrogens (tertiary/aromatic N) is 1. The summed E-state index contributed by atoms with van der Waals surface area (Å²) in [5.41, 5.74) is 0.720. The molecule has 19 heavy (non-hydrogen) atoms. The van der Waals surface area contributed by atoms with Gasteiger partial charge in [0.05, 0.1) is 6.10 Å². The molecule has 1 aromatic rings. The third-order valence-corrected chi connectivity index (χ3v) is 3.91. The minimum Gasteiger partial charge on any atom is -0.392 e. The fourth-order valence-corrected chi connectivity index (χ4v) is 2.96.